The molecule has 0 saturated heterocycles. The van der Waals surface area contributed by atoms with Gasteiger partial charge in [-0.2, -0.15) is 0 Å². The summed E-state index contributed by atoms with van der Waals surface area (Å²) in [5.41, 5.74) is 2.79. The number of hydrogen-bond acceptors (Lipinski definition) is 5. The van der Waals surface area contributed by atoms with E-state index in [0.717, 1.165) is 27.3 Å². The molecule has 0 spiro atoms. The molecule has 251 valence electrons. The van der Waals surface area contributed by atoms with E-state index in [1.807, 2.05) is 71.4 Å². The molecule has 7 nitrogen and oxygen atoms in total. The first-order valence-electron chi connectivity index (χ1n) is 15.9. The van der Waals surface area contributed by atoms with E-state index >= 15 is 0 Å². The fraction of sp³-hybridized carbons (Fsp3) is 0.205. The Bertz CT molecular complexity index is 1870. The summed E-state index contributed by atoms with van der Waals surface area (Å²) in [6, 6.07) is 31.4. The van der Waals surface area contributed by atoms with Crippen LogP contribution in [-0.4, -0.2) is 37.1 Å². The molecule has 1 radical (unpaired) electrons. The summed E-state index contributed by atoms with van der Waals surface area (Å²) in [6.45, 7) is 8.64. The number of hydrogen-bond donors (Lipinski definition) is 1. The second kappa shape index (κ2) is 16.3. The Morgan fingerprint density at radius 1 is 0.918 bits per heavy atom. The van der Waals surface area contributed by atoms with Crippen molar-refractivity contribution in [2.75, 3.05) is 6.61 Å². The van der Waals surface area contributed by atoms with Crippen molar-refractivity contribution in [2.24, 2.45) is 5.41 Å². The van der Waals surface area contributed by atoms with Gasteiger partial charge in [0, 0.05) is 34.7 Å². The zero-order chi connectivity index (χ0) is 35.0. The maximum absolute atomic E-state index is 12.8. The van der Waals surface area contributed by atoms with Crippen LogP contribution in [0.25, 0.3) is 11.8 Å². The van der Waals surface area contributed by atoms with Crippen LogP contribution < -0.4 is 15.7 Å². The molecule has 0 aliphatic heterocycles. The Morgan fingerprint density at radius 3 is 2.18 bits per heavy atom. The topological polar surface area (TPSA) is 82.5 Å². The van der Waals surface area contributed by atoms with Crippen LogP contribution in [-0.2, 0) is 20.5 Å². The fourth-order valence-corrected chi connectivity index (χ4v) is 8.25. The molecule has 1 amide bonds. The Morgan fingerprint density at radius 2 is 1.59 bits per heavy atom. The molecule has 0 aliphatic rings. The van der Waals surface area contributed by atoms with Crippen molar-refractivity contribution in [3.63, 3.8) is 0 Å². The number of nitrogens with zero attached hydrogens (tertiary/aromatic N) is 2. The van der Waals surface area contributed by atoms with Crippen molar-refractivity contribution in [1.29, 1.82) is 0 Å². The van der Waals surface area contributed by atoms with Crippen molar-refractivity contribution in [2.45, 2.75) is 40.3 Å². The number of aromatic nitrogens is 2. The summed E-state index contributed by atoms with van der Waals surface area (Å²) in [5, 5.41) is 6.19. The van der Waals surface area contributed by atoms with Gasteiger partial charge in [-0.05, 0) is 64.7 Å². The monoisotopic (exact) mass is 710 g/mol. The first kappa shape index (κ1) is 35.8. The third-order valence-electron chi connectivity index (χ3n) is 7.70. The number of halogens is 2. The summed E-state index contributed by atoms with van der Waals surface area (Å²) in [6.07, 6.45) is 6.03. The Balaban J connectivity index is 1.38. The van der Waals surface area contributed by atoms with E-state index in [-0.39, 0.29) is 30.2 Å². The number of benzene rings is 3. The molecule has 5 rings (SSSR count). The normalized spacial score (nSPS) is 12.3. The van der Waals surface area contributed by atoms with Gasteiger partial charge in [0.1, 0.15) is 5.69 Å². The number of carbonyl (C=O) groups excluding carboxylic acids is 2. The number of carbonyl (C=O) groups is 2. The standard InChI is InChI=1S/C39H38Cl2N3O4Si/c1-5-47-38(46)32-21-18-27(25-42-32)19-23-34(45)43-26-28-13-12-24-44(28)33-22-20-31(40)35(36(33)41)37(39(2,3)4)48-49(29-14-8-6-9-15-29)30-16-10-7-11-17-30/h6-25,37H,5,26H2,1-4H3,(H,43,45). The zero-order valence-corrected chi connectivity index (χ0v) is 30.3. The van der Waals surface area contributed by atoms with E-state index in [2.05, 4.69) is 55.3 Å². The van der Waals surface area contributed by atoms with Crippen molar-refractivity contribution in [3.05, 3.63) is 148 Å². The van der Waals surface area contributed by atoms with Crippen LogP contribution in [0.1, 0.15) is 61.1 Å². The lowest BCUT2D eigenvalue weighted by atomic mass is 9.84. The molecule has 10 heteroatoms. The lowest BCUT2D eigenvalue weighted by Crippen LogP contribution is -2.47. The van der Waals surface area contributed by atoms with Crippen molar-refractivity contribution in [3.8, 4) is 5.69 Å². The molecule has 49 heavy (non-hydrogen) atoms. The lowest BCUT2D eigenvalue weighted by Gasteiger charge is -2.36. The number of pyridine rings is 1. The van der Waals surface area contributed by atoms with Crippen molar-refractivity contribution < 1.29 is 18.8 Å². The highest BCUT2D eigenvalue weighted by molar-refractivity contribution is 6.80. The van der Waals surface area contributed by atoms with Gasteiger partial charge in [-0.15, -0.1) is 0 Å². The average Bonchev–Trinajstić information content (AvgIpc) is 3.56. The second-order valence-electron chi connectivity index (χ2n) is 12.3. The highest BCUT2D eigenvalue weighted by Crippen LogP contribution is 2.45. The summed E-state index contributed by atoms with van der Waals surface area (Å²) in [4.78, 5) is 28.7. The van der Waals surface area contributed by atoms with E-state index in [4.69, 9.17) is 32.4 Å². The predicted molar refractivity (Wildman–Crippen MR) is 198 cm³/mol. The van der Waals surface area contributed by atoms with Crippen LogP contribution in [0.3, 0.4) is 0 Å². The van der Waals surface area contributed by atoms with Gasteiger partial charge in [0.15, 0.2) is 0 Å². The molecule has 0 aliphatic carbocycles. The number of rotatable bonds is 12. The Kier molecular flexibility index (Phi) is 11.9. The molecule has 3 aromatic carbocycles. The average molecular weight is 712 g/mol. The maximum atomic E-state index is 12.8. The van der Waals surface area contributed by atoms with Crippen LogP contribution >= 0.6 is 23.2 Å². The largest absolute Gasteiger partial charge is 0.461 e. The van der Waals surface area contributed by atoms with Crippen LogP contribution in [0.2, 0.25) is 10.0 Å². The highest BCUT2D eigenvalue weighted by Gasteiger charge is 2.36. The molecule has 5 aromatic rings. The number of nitrogens with one attached hydrogen (secondary N) is 1. The minimum absolute atomic E-state index is 0.211. The second-order valence-corrected chi connectivity index (χ2v) is 15.2. The van der Waals surface area contributed by atoms with Gasteiger partial charge in [-0.3, -0.25) is 4.79 Å². The molecule has 0 saturated carbocycles. The SMILES string of the molecule is CCOC(=O)c1ccc(C=CC(=O)NCc2cccn2-c2ccc(Cl)c(C(O[Si](c3ccccc3)c3ccccc3)C(C)(C)C)c2Cl)cn1. The summed E-state index contributed by atoms with van der Waals surface area (Å²) in [5.74, 6) is -0.777. The van der Waals surface area contributed by atoms with Crippen LogP contribution in [0.5, 0.6) is 0 Å². The minimum Gasteiger partial charge on any atom is -0.461 e. The quantitative estimate of drug-likeness (QED) is 0.0820. The third-order valence-corrected chi connectivity index (χ3v) is 10.6. The van der Waals surface area contributed by atoms with Gasteiger partial charge in [-0.25, -0.2) is 9.78 Å². The smallest absolute Gasteiger partial charge is 0.356 e. The van der Waals surface area contributed by atoms with Gasteiger partial charge in [0.25, 0.3) is 9.04 Å². The van der Waals surface area contributed by atoms with Gasteiger partial charge in [0.2, 0.25) is 5.91 Å². The zero-order valence-electron chi connectivity index (χ0n) is 27.8. The number of ether oxygens (including phenoxy) is 1. The summed E-state index contributed by atoms with van der Waals surface area (Å²) in [7, 11) is -1.69. The van der Waals surface area contributed by atoms with E-state index < -0.39 is 21.1 Å². The molecule has 1 N–H and O–H groups in total. The Labute approximate surface area is 299 Å². The molecule has 1 atom stereocenters. The van der Waals surface area contributed by atoms with Gasteiger partial charge in [-0.1, -0.05) is 111 Å². The van der Waals surface area contributed by atoms with Gasteiger partial charge in [0.05, 0.1) is 30.0 Å². The molecule has 1 unspecified atom stereocenters. The first-order chi connectivity index (χ1) is 23.6. The van der Waals surface area contributed by atoms with E-state index in [1.54, 1.807) is 25.1 Å². The van der Waals surface area contributed by atoms with E-state index in [0.29, 0.717) is 15.6 Å². The fourth-order valence-electron chi connectivity index (χ4n) is 5.29. The van der Waals surface area contributed by atoms with Crippen LogP contribution in [0.4, 0.5) is 0 Å². The molecule has 0 bridgehead atoms. The molecule has 0 fully saturated rings. The number of esters is 1. The van der Waals surface area contributed by atoms with Crippen molar-refractivity contribution in [1.82, 2.24) is 14.9 Å². The van der Waals surface area contributed by atoms with Crippen LogP contribution in [0, 0.1) is 5.41 Å². The summed E-state index contributed by atoms with van der Waals surface area (Å²) < 4.78 is 14.1. The number of amides is 1. The minimum atomic E-state index is -1.69. The molecule has 2 aromatic heterocycles. The van der Waals surface area contributed by atoms with E-state index in [1.165, 1.54) is 12.3 Å². The highest BCUT2D eigenvalue weighted by atomic mass is 35.5. The lowest BCUT2D eigenvalue weighted by molar-refractivity contribution is -0.116. The van der Waals surface area contributed by atoms with Gasteiger partial charge >= 0.3 is 5.97 Å². The maximum Gasteiger partial charge on any atom is 0.356 e. The Hall–Kier alpha value is -4.47. The van der Waals surface area contributed by atoms with Crippen molar-refractivity contribution >= 4 is 60.6 Å². The molecular weight excluding hydrogens is 673 g/mol. The van der Waals surface area contributed by atoms with E-state index in [9.17, 15) is 9.59 Å². The third kappa shape index (κ3) is 8.96. The molecular formula is C39H38Cl2N3O4Si. The first-order valence-corrected chi connectivity index (χ1v) is 18.1. The summed E-state index contributed by atoms with van der Waals surface area (Å²) >= 11 is 14.2. The van der Waals surface area contributed by atoms with Gasteiger partial charge < -0.3 is 19.0 Å². The van der Waals surface area contributed by atoms with Crippen LogP contribution in [0.15, 0.2) is 116 Å². The molecule has 2 heterocycles. The predicted octanol–water partition coefficient (Wildman–Crippen LogP) is 7.60.